The monoisotopic (exact) mass is 647 g/mol. The van der Waals surface area contributed by atoms with E-state index in [0.717, 1.165) is 0 Å². The van der Waals surface area contributed by atoms with Gasteiger partial charge in [0.1, 0.15) is 23.7 Å². The van der Waals surface area contributed by atoms with E-state index in [1.54, 1.807) is 60.4 Å². The van der Waals surface area contributed by atoms with Gasteiger partial charge in [-0.3, -0.25) is 19.2 Å². The predicted molar refractivity (Wildman–Crippen MR) is 171 cm³/mol. The van der Waals surface area contributed by atoms with Crippen LogP contribution in [0.2, 0.25) is 5.02 Å². The normalized spacial score (nSPS) is 32.7. The van der Waals surface area contributed by atoms with Gasteiger partial charge in [0.05, 0.1) is 30.7 Å². The van der Waals surface area contributed by atoms with Gasteiger partial charge in [0, 0.05) is 23.7 Å². The summed E-state index contributed by atoms with van der Waals surface area (Å²) in [5.74, 6) is -3.90. The molecule has 0 saturated carbocycles. The molecule has 3 amide bonds. The van der Waals surface area contributed by atoms with Gasteiger partial charge in [-0.25, -0.2) is 0 Å². The zero-order valence-electron chi connectivity index (χ0n) is 25.8. The lowest BCUT2D eigenvalue weighted by Gasteiger charge is -2.38. The number of likely N-dealkylation sites (tertiary alicyclic amines) is 1. The summed E-state index contributed by atoms with van der Waals surface area (Å²) in [6, 6.07) is 13.6. The van der Waals surface area contributed by atoms with Crippen LogP contribution in [0.5, 0.6) is 0 Å². The topological polar surface area (TPSA) is 125 Å². The van der Waals surface area contributed by atoms with Gasteiger partial charge in [0.25, 0.3) is 5.91 Å². The highest BCUT2D eigenvalue weighted by atomic mass is 35.5. The Morgan fingerprint density at radius 2 is 1.78 bits per heavy atom. The molecule has 2 N–H and O–H groups in total. The third-order valence-electron chi connectivity index (χ3n) is 9.50. The van der Waals surface area contributed by atoms with Crippen LogP contribution in [0.15, 0.2) is 78.9 Å². The molecule has 6 rings (SSSR count). The van der Waals surface area contributed by atoms with E-state index < -0.39 is 65.6 Å². The van der Waals surface area contributed by atoms with E-state index >= 15 is 0 Å². The molecule has 2 aromatic carbocycles. The van der Waals surface area contributed by atoms with Crippen LogP contribution in [-0.4, -0.2) is 76.7 Å². The standard InChI is InChI=1S/C35H38ClN3O7/c1-3-24(20-40)39-31-33(43)38(25-16-14-23(36)15-17-25)19-9-18-35(31)29(32(39)42)28-26(46-35)12-7-8-13-27(41)37-21(2)30(45-34(28)44)22-10-5-4-6-11-22/h4-7,9-12,14-18,21,24,26,28-31,40H,3,8,13,19-20H2,1-2H3,(H,37,41)/b12-7-/t21-,24-,26-,28+,29+,30+,31-,35+/m0/s1. The number of hydrogen-bond acceptors (Lipinski definition) is 7. The molecular weight excluding hydrogens is 610 g/mol. The second kappa shape index (κ2) is 13.0. The number of ether oxygens (including phenoxy) is 2. The molecule has 1 spiro atoms. The van der Waals surface area contributed by atoms with Crippen LogP contribution in [0.3, 0.4) is 0 Å². The van der Waals surface area contributed by atoms with Crippen molar-refractivity contribution in [2.24, 2.45) is 11.8 Å². The fourth-order valence-electron chi connectivity index (χ4n) is 7.30. The Labute approximate surface area is 273 Å². The van der Waals surface area contributed by atoms with Crippen molar-refractivity contribution in [1.29, 1.82) is 0 Å². The number of halogens is 1. The molecule has 2 fully saturated rings. The third-order valence-corrected chi connectivity index (χ3v) is 9.75. The van der Waals surface area contributed by atoms with Gasteiger partial charge in [-0.15, -0.1) is 0 Å². The van der Waals surface area contributed by atoms with E-state index in [2.05, 4.69) is 5.32 Å². The Kier molecular flexibility index (Phi) is 9.05. The summed E-state index contributed by atoms with van der Waals surface area (Å²) >= 11 is 6.13. The van der Waals surface area contributed by atoms with Crippen molar-refractivity contribution in [3.63, 3.8) is 0 Å². The number of allylic oxidation sites excluding steroid dienone is 1. The van der Waals surface area contributed by atoms with Crippen LogP contribution < -0.4 is 10.2 Å². The molecule has 11 heteroatoms. The molecule has 4 heterocycles. The molecule has 0 radical (unpaired) electrons. The molecule has 2 saturated heterocycles. The van der Waals surface area contributed by atoms with E-state index in [4.69, 9.17) is 21.1 Å². The second-order valence-electron chi connectivity index (χ2n) is 12.3. The van der Waals surface area contributed by atoms with Crippen LogP contribution in [0.1, 0.15) is 44.8 Å². The van der Waals surface area contributed by atoms with Gasteiger partial charge < -0.3 is 29.7 Å². The average molecular weight is 648 g/mol. The molecule has 242 valence electrons. The molecule has 0 aliphatic carbocycles. The number of hydrogen-bond donors (Lipinski definition) is 2. The maximum Gasteiger partial charge on any atom is 0.313 e. The van der Waals surface area contributed by atoms with Crippen LogP contribution in [0.4, 0.5) is 5.69 Å². The summed E-state index contributed by atoms with van der Waals surface area (Å²) < 4.78 is 13.0. The minimum atomic E-state index is -1.52. The largest absolute Gasteiger partial charge is 0.455 e. The van der Waals surface area contributed by atoms with Crippen molar-refractivity contribution in [3.8, 4) is 0 Å². The third kappa shape index (κ3) is 5.52. The number of rotatable bonds is 5. The summed E-state index contributed by atoms with van der Waals surface area (Å²) in [6.45, 7) is 3.44. The number of carbonyl (C=O) groups excluding carboxylic acids is 4. The molecule has 10 nitrogen and oxygen atoms in total. The average Bonchev–Trinajstić information content (AvgIpc) is 3.44. The number of cyclic esters (lactones) is 1. The summed E-state index contributed by atoms with van der Waals surface area (Å²) in [6.07, 6.45) is 6.23. The maximum absolute atomic E-state index is 14.6. The van der Waals surface area contributed by atoms with Crippen LogP contribution in [0, 0.1) is 11.8 Å². The van der Waals surface area contributed by atoms with Gasteiger partial charge in [0.15, 0.2) is 0 Å². The number of aliphatic hydroxyl groups excluding tert-OH is 1. The second-order valence-corrected chi connectivity index (χ2v) is 12.7. The number of amides is 3. The highest BCUT2D eigenvalue weighted by molar-refractivity contribution is 6.30. The number of nitrogens with one attached hydrogen (secondary N) is 1. The molecule has 0 unspecified atom stereocenters. The van der Waals surface area contributed by atoms with Crippen LogP contribution >= 0.6 is 11.6 Å². The number of benzene rings is 2. The lowest BCUT2D eigenvalue weighted by Crippen LogP contribution is -2.58. The van der Waals surface area contributed by atoms with Gasteiger partial charge in [0.2, 0.25) is 11.8 Å². The molecule has 4 aliphatic rings. The zero-order chi connectivity index (χ0) is 32.6. The number of anilines is 1. The molecule has 0 bridgehead atoms. The van der Waals surface area contributed by atoms with E-state index in [1.165, 1.54) is 4.90 Å². The van der Waals surface area contributed by atoms with Gasteiger partial charge in [-0.05, 0) is 49.6 Å². The number of carbonyl (C=O) groups is 4. The fourth-order valence-corrected chi connectivity index (χ4v) is 7.43. The predicted octanol–water partition coefficient (Wildman–Crippen LogP) is 3.73. The van der Waals surface area contributed by atoms with Crippen molar-refractivity contribution in [2.75, 3.05) is 18.1 Å². The molecule has 2 aromatic rings. The number of nitrogens with zero attached hydrogens (tertiary/aromatic N) is 2. The number of esters is 1. The maximum atomic E-state index is 14.6. The Morgan fingerprint density at radius 3 is 2.48 bits per heavy atom. The quantitative estimate of drug-likeness (QED) is 0.374. The molecule has 46 heavy (non-hydrogen) atoms. The van der Waals surface area contributed by atoms with Crippen molar-refractivity contribution in [3.05, 3.63) is 89.5 Å². The Hall–Kier alpha value is -3.99. The van der Waals surface area contributed by atoms with Gasteiger partial charge in [-0.2, -0.15) is 0 Å². The van der Waals surface area contributed by atoms with Crippen molar-refractivity contribution in [2.45, 2.75) is 69.0 Å². The lowest BCUT2D eigenvalue weighted by molar-refractivity contribution is -0.161. The number of aliphatic hydroxyl groups is 1. The molecule has 0 aromatic heterocycles. The molecule has 4 aliphatic heterocycles. The van der Waals surface area contributed by atoms with Crippen LogP contribution in [0.25, 0.3) is 0 Å². The first-order chi connectivity index (χ1) is 22.2. The van der Waals surface area contributed by atoms with Gasteiger partial charge in [-0.1, -0.05) is 73.2 Å². The van der Waals surface area contributed by atoms with E-state index in [9.17, 15) is 24.3 Å². The van der Waals surface area contributed by atoms with E-state index in [1.807, 2.05) is 37.3 Å². The lowest BCUT2D eigenvalue weighted by atomic mass is 9.77. The van der Waals surface area contributed by atoms with E-state index in [0.29, 0.717) is 29.1 Å². The fraction of sp³-hybridized carbons (Fsp3) is 0.429. The highest BCUT2D eigenvalue weighted by Crippen LogP contribution is 2.54. The van der Waals surface area contributed by atoms with Crippen molar-refractivity contribution < 1.29 is 33.8 Å². The zero-order valence-corrected chi connectivity index (χ0v) is 26.5. The first kappa shape index (κ1) is 32.0. The Bertz CT molecular complexity index is 1540. The minimum absolute atomic E-state index is 0.186. The Balaban J connectivity index is 1.46. The molecule has 8 atom stereocenters. The minimum Gasteiger partial charge on any atom is -0.455 e. The first-order valence-corrected chi connectivity index (χ1v) is 16.1. The number of fused-ring (bicyclic) bond motifs is 2. The molecular formula is C35H38ClN3O7. The smallest absolute Gasteiger partial charge is 0.313 e. The Morgan fingerprint density at radius 1 is 1.04 bits per heavy atom. The SMILES string of the molecule is CC[C@@H](CO)N1C(=O)[C@H]2[C@@H]3C(=O)O[C@@H](c4ccccc4)[C@H](C)NC(=O)CC/C=C\[C@@H]3O[C@]23C=CCN(c2ccc(Cl)cc2)C(=O)[C@H]13. The first-order valence-electron chi connectivity index (χ1n) is 15.8. The van der Waals surface area contributed by atoms with Crippen molar-refractivity contribution in [1.82, 2.24) is 10.2 Å². The van der Waals surface area contributed by atoms with E-state index in [-0.39, 0.29) is 25.5 Å². The summed E-state index contributed by atoms with van der Waals surface area (Å²) in [4.78, 5) is 59.3. The summed E-state index contributed by atoms with van der Waals surface area (Å²) in [7, 11) is 0. The summed E-state index contributed by atoms with van der Waals surface area (Å²) in [5.41, 5.74) is -0.239. The van der Waals surface area contributed by atoms with Gasteiger partial charge >= 0.3 is 5.97 Å². The van der Waals surface area contributed by atoms with Crippen LogP contribution in [-0.2, 0) is 28.7 Å². The van der Waals surface area contributed by atoms with Crippen molar-refractivity contribution >= 4 is 41.0 Å². The highest BCUT2D eigenvalue weighted by Gasteiger charge is 2.72. The summed E-state index contributed by atoms with van der Waals surface area (Å²) in [5, 5.41) is 13.9.